The van der Waals surface area contributed by atoms with Crippen molar-refractivity contribution in [3.05, 3.63) is 53.1 Å². The fourth-order valence-electron chi connectivity index (χ4n) is 2.33. The summed E-state index contributed by atoms with van der Waals surface area (Å²) in [6.45, 7) is 0.280. The largest absolute Gasteiger partial charge is 0.478 e. The van der Waals surface area contributed by atoms with Crippen molar-refractivity contribution in [3.8, 4) is 5.88 Å². The molecule has 0 unspecified atom stereocenters. The van der Waals surface area contributed by atoms with E-state index >= 15 is 0 Å². The van der Waals surface area contributed by atoms with Crippen LogP contribution in [0.1, 0.15) is 17.8 Å². The number of carbonyl (C=O) groups is 1. The number of aromatic nitrogens is 4. The maximum Gasteiger partial charge on any atom is 0.260 e. The van der Waals surface area contributed by atoms with Crippen LogP contribution in [-0.4, -0.2) is 32.6 Å². The van der Waals surface area contributed by atoms with Crippen LogP contribution in [0.25, 0.3) is 5.65 Å². The van der Waals surface area contributed by atoms with E-state index < -0.39 is 0 Å². The van der Waals surface area contributed by atoms with Gasteiger partial charge in [0.05, 0.1) is 13.7 Å². The number of rotatable bonds is 6. The molecule has 2 heterocycles. The number of hydrogen-bond donors (Lipinski definition) is 1. The van der Waals surface area contributed by atoms with Crippen LogP contribution in [0.15, 0.2) is 36.7 Å². The molecular weight excluding hydrogens is 330 g/mol. The molecule has 0 saturated heterocycles. The first kappa shape index (κ1) is 16.2. The van der Waals surface area contributed by atoms with Crippen molar-refractivity contribution >= 4 is 23.2 Å². The number of hydrogen-bond acceptors (Lipinski definition) is 5. The van der Waals surface area contributed by atoms with E-state index in [2.05, 4.69) is 20.5 Å². The number of ether oxygens (including phenoxy) is 1. The topological polar surface area (TPSA) is 81.4 Å². The number of fused-ring (bicyclic) bond motifs is 1. The Morgan fingerprint density at radius 1 is 1.38 bits per heavy atom. The van der Waals surface area contributed by atoms with Gasteiger partial charge in [-0.15, -0.1) is 10.2 Å². The molecule has 0 spiro atoms. The molecule has 0 fully saturated rings. The molecule has 3 rings (SSSR count). The fourth-order valence-corrected chi connectivity index (χ4v) is 2.55. The third kappa shape index (κ3) is 3.62. The van der Waals surface area contributed by atoms with Gasteiger partial charge in [-0.2, -0.15) is 0 Å². The van der Waals surface area contributed by atoms with E-state index in [9.17, 15) is 4.79 Å². The Morgan fingerprint density at radius 3 is 3.04 bits per heavy atom. The van der Waals surface area contributed by atoms with Crippen LogP contribution in [0.5, 0.6) is 5.88 Å². The summed E-state index contributed by atoms with van der Waals surface area (Å²) in [5.41, 5.74) is 1.55. The summed E-state index contributed by atoms with van der Waals surface area (Å²) in [6, 6.07) is 7.49. The van der Waals surface area contributed by atoms with Crippen molar-refractivity contribution in [1.29, 1.82) is 0 Å². The molecule has 0 bridgehead atoms. The lowest BCUT2D eigenvalue weighted by atomic mass is 10.1. The highest BCUT2D eigenvalue weighted by Crippen LogP contribution is 2.14. The second kappa shape index (κ2) is 7.27. The predicted molar refractivity (Wildman–Crippen MR) is 89.0 cm³/mol. The van der Waals surface area contributed by atoms with Crippen LogP contribution in [0.3, 0.4) is 0 Å². The van der Waals surface area contributed by atoms with Gasteiger partial charge in [-0.25, -0.2) is 4.98 Å². The van der Waals surface area contributed by atoms with Crippen molar-refractivity contribution in [2.45, 2.75) is 19.4 Å². The molecule has 1 aromatic carbocycles. The smallest absolute Gasteiger partial charge is 0.260 e. The van der Waals surface area contributed by atoms with Gasteiger partial charge < -0.3 is 10.1 Å². The van der Waals surface area contributed by atoms with E-state index in [1.165, 1.54) is 7.11 Å². The Kier molecular flexibility index (Phi) is 4.90. The zero-order valence-corrected chi connectivity index (χ0v) is 13.8. The summed E-state index contributed by atoms with van der Waals surface area (Å²) in [6.07, 6.45) is 4.33. The standard InChI is InChI=1S/C16H16ClN5O2/c1-24-16-15-21-20-13(22(15)8-7-18-16)10-19-14(23)6-5-11-3-2-4-12(17)9-11/h2-4,7-9H,5-6,10H2,1H3,(H,19,23). The molecular formula is C16H16ClN5O2. The summed E-state index contributed by atoms with van der Waals surface area (Å²) in [5, 5.41) is 11.6. The Bertz CT molecular complexity index is 865. The quantitative estimate of drug-likeness (QED) is 0.739. The maximum absolute atomic E-state index is 12.0. The number of carbonyl (C=O) groups excluding carboxylic acids is 1. The molecule has 24 heavy (non-hydrogen) atoms. The molecule has 0 atom stereocenters. The number of amides is 1. The number of nitrogens with one attached hydrogen (secondary N) is 1. The molecule has 124 valence electrons. The van der Waals surface area contributed by atoms with Crippen molar-refractivity contribution in [2.24, 2.45) is 0 Å². The maximum atomic E-state index is 12.0. The molecule has 0 radical (unpaired) electrons. The van der Waals surface area contributed by atoms with Crippen LogP contribution in [-0.2, 0) is 17.8 Å². The highest BCUT2D eigenvalue weighted by Gasteiger charge is 2.11. The second-order valence-corrected chi connectivity index (χ2v) is 5.59. The zero-order valence-electron chi connectivity index (χ0n) is 13.1. The summed E-state index contributed by atoms with van der Waals surface area (Å²) in [4.78, 5) is 16.1. The molecule has 0 aliphatic carbocycles. The molecule has 0 aliphatic heterocycles. The van der Waals surface area contributed by atoms with Gasteiger partial charge in [0.25, 0.3) is 5.88 Å². The van der Waals surface area contributed by atoms with E-state index in [0.29, 0.717) is 35.2 Å². The van der Waals surface area contributed by atoms with Crippen molar-refractivity contribution in [3.63, 3.8) is 0 Å². The van der Waals surface area contributed by atoms with Gasteiger partial charge in [0.2, 0.25) is 11.6 Å². The highest BCUT2D eigenvalue weighted by atomic mass is 35.5. The summed E-state index contributed by atoms with van der Waals surface area (Å²) in [7, 11) is 1.52. The molecule has 7 nitrogen and oxygen atoms in total. The summed E-state index contributed by atoms with van der Waals surface area (Å²) in [5.74, 6) is 0.943. The van der Waals surface area contributed by atoms with E-state index in [1.807, 2.05) is 24.3 Å². The molecule has 1 amide bonds. The molecule has 8 heteroatoms. The minimum absolute atomic E-state index is 0.0623. The lowest BCUT2D eigenvalue weighted by Gasteiger charge is -2.05. The van der Waals surface area contributed by atoms with Gasteiger partial charge in [-0.1, -0.05) is 23.7 Å². The molecule has 0 aliphatic rings. The first-order chi connectivity index (χ1) is 11.7. The second-order valence-electron chi connectivity index (χ2n) is 5.15. The van der Waals surface area contributed by atoms with Crippen molar-refractivity contribution in [2.75, 3.05) is 7.11 Å². The summed E-state index contributed by atoms with van der Waals surface area (Å²) < 4.78 is 6.87. The molecule has 2 aromatic heterocycles. The van der Waals surface area contributed by atoms with E-state index in [1.54, 1.807) is 16.8 Å². The van der Waals surface area contributed by atoms with Crippen molar-refractivity contribution < 1.29 is 9.53 Å². The Balaban J connectivity index is 1.58. The number of aryl methyl sites for hydroxylation is 1. The van der Waals surface area contributed by atoms with Gasteiger partial charge >= 0.3 is 0 Å². The average Bonchev–Trinajstić information content (AvgIpc) is 3.01. The third-order valence-electron chi connectivity index (χ3n) is 3.53. The van der Waals surface area contributed by atoms with Gasteiger partial charge in [-0.3, -0.25) is 9.20 Å². The number of benzene rings is 1. The minimum atomic E-state index is -0.0623. The lowest BCUT2D eigenvalue weighted by Crippen LogP contribution is -2.24. The van der Waals surface area contributed by atoms with Gasteiger partial charge in [0, 0.05) is 23.8 Å². The number of methoxy groups -OCH3 is 1. The fraction of sp³-hybridized carbons (Fsp3) is 0.250. The van der Waals surface area contributed by atoms with Gasteiger partial charge in [0.1, 0.15) is 0 Å². The number of halogens is 1. The van der Waals surface area contributed by atoms with E-state index in [4.69, 9.17) is 16.3 Å². The van der Waals surface area contributed by atoms with E-state index in [-0.39, 0.29) is 12.5 Å². The average molecular weight is 346 g/mol. The van der Waals surface area contributed by atoms with Gasteiger partial charge in [-0.05, 0) is 24.1 Å². The van der Waals surface area contributed by atoms with Crippen LogP contribution < -0.4 is 10.1 Å². The van der Waals surface area contributed by atoms with E-state index in [0.717, 1.165) is 5.56 Å². The Morgan fingerprint density at radius 2 is 2.25 bits per heavy atom. The van der Waals surface area contributed by atoms with Crippen LogP contribution in [0.2, 0.25) is 5.02 Å². The molecule has 3 aromatic rings. The monoisotopic (exact) mass is 345 g/mol. The van der Waals surface area contributed by atoms with Gasteiger partial charge in [0.15, 0.2) is 5.82 Å². The zero-order chi connectivity index (χ0) is 16.9. The first-order valence-electron chi connectivity index (χ1n) is 7.41. The normalized spacial score (nSPS) is 10.8. The summed E-state index contributed by atoms with van der Waals surface area (Å²) >= 11 is 5.94. The molecule has 1 N–H and O–H groups in total. The van der Waals surface area contributed by atoms with Crippen LogP contribution in [0.4, 0.5) is 0 Å². The first-order valence-corrected chi connectivity index (χ1v) is 7.79. The highest BCUT2D eigenvalue weighted by molar-refractivity contribution is 6.30. The predicted octanol–water partition coefficient (Wildman–Crippen LogP) is 2.04. The van der Waals surface area contributed by atoms with Crippen LogP contribution in [0, 0.1) is 0 Å². The SMILES string of the molecule is COc1nccn2c(CNC(=O)CCc3cccc(Cl)c3)nnc12. The van der Waals surface area contributed by atoms with Crippen molar-refractivity contribution in [1.82, 2.24) is 24.9 Å². The Labute approximate surface area is 143 Å². The van der Waals surface area contributed by atoms with Crippen LogP contribution >= 0.6 is 11.6 Å². The minimum Gasteiger partial charge on any atom is -0.478 e. The molecule has 0 saturated carbocycles. The Hall–Kier alpha value is -2.67. The number of nitrogens with zero attached hydrogens (tertiary/aromatic N) is 4. The lowest BCUT2D eigenvalue weighted by molar-refractivity contribution is -0.121. The third-order valence-corrected chi connectivity index (χ3v) is 3.77.